The Morgan fingerprint density at radius 2 is 1.73 bits per heavy atom. The van der Waals surface area contributed by atoms with Gasteiger partial charge in [0.1, 0.15) is 6.29 Å². The second kappa shape index (κ2) is 4.63. The summed E-state index contributed by atoms with van der Waals surface area (Å²) in [4.78, 5) is 10.9. The first kappa shape index (κ1) is 10.4. The van der Waals surface area contributed by atoms with Crippen LogP contribution in [0.4, 0.5) is 0 Å². The third kappa shape index (κ3) is 2.29. The molecule has 0 aliphatic heterocycles. The highest BCUT2D eigenvalue weighted by Crippen LogP contribution is 2.31. The first-order valence-electron chi connectivity index (χ1n) is 5.24. The minimum atomic E-state index is 0.739. The molecule has 15 heavy (non-hydrogen) atoms. The Morgan fingerprint density at radius 1 is 1.07 bits per heavy atom. The van der Waals surface area contributed by atoms with Crippen molar-refractivity contribution in [3.63, 3.8) is 0 Å². The van der Waals surface area contributed by atoms with E-state index in [4.69, 9.17) is 11.6 Å². The molecule has 1 aliphatic rings. The Balaban J connectivity index is 2.39. The largest absolute Gasteiger partial charge is 0.298 e. The van der Waals surface area contributed by atoms with E-state index in [2.05, 4.69) is 0 Å². The Labute approximate surface area is 94.8 Å². The highest BCUT2D eigenvalue weighted by atomic mass is 35.5. The molecule has 0 amide bonds. The van der Waals surface area contributed by atoms with Crippen LogP contribution in [-0.4, -0.2) is 6.29 Å². The van der Waals surface area contributed by atoms with Crippen LogP contribution >= 0.6 is 11.6 Å². The van der Waals surface area contributed by atoms with E-state index in [-0.39, 0.29) is 0 Å². The molecule has 2 rings (SSSR count). The fourth-order valence-electron chi connectivity index (χ4n) is 2.04. The third-order valence-corrected chi connectivity index (χ3v) is 3.10. The number of hydrogen-bond donors (Lipinski definition) is 0. The van der Waals surface area contributed by atoms with Gasteiger partial charge < -0.3 is 0 Å². The lowest BCUT2D eigenvalue weighted by molar-refractivity contribution is -0.105. The average molecular weight is 221 g/mol. The molecule has 0 N–H and O–H groups in total. The number of aldehydes is 1. The van der Waals surface area contributed by atoms with Gasteiger partial charge in [0.05, 0.1) is 0 Å². The van der Waals surface area contributed by atoms with Crippen LogP contribution in [0.15, 0.2) is 29.8 Å². The lowest BCUT2D eigenvalue weighted by atomic mass is 9.88. The SMILES string of the molecule is O=CC1=C(c2ccc(Cl)cc2)CCCC1. The molecule has 0 unspecified atom stereocenters. The van der Waals surface area contributed by atoms with Crippen molar-refractivity contribution < 1.29 is 4.79 Å². The van der Waals surface area contributed by atoms with Gasteiger partial charge in [0.15, 0.2) is 0 Å². The number of carbonyl (C=O) groups excluding carboxylic acids is 1. The molecular weight excluding hydrogens is 208 g/mol. The number of hydrogen-bond acceptors (Lipinski definition) is 1. The first-order valence-corrected chi connectivity index (χ1v) is 5.62. The molecule has 0 fully saturated rings. The molecule has 0 spiro atoms. The summed E-state index contributed by atoms with van der Waals surface area (Å²) in [7, 11) is 0. The minimum Gasteiger partial charge on any atom is -0.298 e. The van der Waals surface area contributed by atoms with Crippen LogP contribution in [-0.2, 0) is 4.79 Å². The van der Waals surface area contributed by atoms with Crippen LogP contribution in [0.1, 0.15) is 31.2 Å². The van der Waals surface area contributed by atoms with Gasteiger partial charge in [0.2, 0.25) is 0 Å². The highest BCUT2D eigenvalue weighted by Gasteiger charge is 2.13. The maximum atomic E-state index is 10.9. The smallest absolute Gasteiger partial charge is 0.146 e. The van der Waals surface area contributed by atoms with E-state index in [0.29, 0.717) is 0 Å². The van der Waals surface area contributed by atoms with Crippen molar-refractivity contribution in [3.05, 3.63) is 40.4 Å². The fraction of sp³-hybridized carbons (Fsp3) is 0.308. The van der Waals surface area contributed by atoms with Crippen molar-refractivity contribution in [1.82, 2.24) is 0 Å². The number of benzene rings is 1. The van der Waals surface area contributed by atoms with E-state index >= 15 is 0 Å². The van der Waals surface area contributed by atoms with E-state index in [1.54, 1.807) is 0 Å². The summed E-state index contributed by atoms with van der Waals surface area (Å²) in [5.74, 6) is 0. The topological polar surface area (TPSA) is 17.1 Å². The number of allylic oxidation sites excluding steroid dienone is 2. The van der Waals surface area contributed by atoms with Crippen molar-refractivity contribution in [2.24, 2.45) is 0 Å². The van der Waals surface area contributed by atoms with Gasteiger partial charge in [-0.2, -0.15) is 0 Å². The maximum absolute atomic E-state index is 10.9. The standard InChI is InChI=1S/C13H13ClO/c14-12-7-5-10(6-8-12)13-4-2-1-3-11(13)9-15/h5-9H,1-4H2. The average Bonchev–Trinajstić information content (AvgIpc) is 2.30. The summed E-state index contributed by atoms with van der Waals surface area (Å²) in [6.07, 6.45) is 5.24. The van der Waals surface area contributed by atoms with E-state index in [9.17, 15) is 4.79 Å². The highest BCUT2D eigenvalue weighted by molar-refractivity contribution is 6.30. The summed E-state index contributed by atoms with van der Waals surface area (Å²) in [6.45, 7) is 0. The second-order valence-corrected chi connectivity index (χ2v) is 4.27. The van der Waals surface area contributed by atoms with Crippen LogP contribution in [0.3, 0.4) is 0 Å². The van der Waals surface area contributed by atoms with Crippen molar-refractivity contribution in [3.8, 4) is 0 Å². The molecule has 1 aromatic carbocycles. The molecular formula is C13H13ClO. The van der Waals surface area contributed by atoms with E-state index < -0.39 is 0 Å². The molecule has 1 aliphatic carbocycles. The zero-order valence-electron chi connectivity index (χ0n) is 8.50. The second-order valence-electron chi connectivity index (χ2n) is 3.84. The van der Waals surface area contributed by atoms with Crippen LogP contribution in [0.2, 0.25) is 5.02 Å². The zero-order chi connectivity index (χ0) is 10.7. The van der Waals surface area contributed by atoms with Crippen molar-refractivity contribution in [2.75, 3.05) is 0 Å². The van der Waals surface area contributed by atoms with Crippen LogP contribution in [0.25, 0.3) is 5.57 Å². The minimum absolute atomic E-state index is 0.739. The fourth-order valence-corrected chi connectivity index (χ4v) is 2.17. The van der Waals surface area contributed by atoms with E-state index in [1.165, 1.54) is 12.0 Å². The lowest BCUT2D eigenvalue weighted by Crippen LogP contribution is -2.00. The van der Waals surface area contributed by atoms with E-state index in [1.807, 2.05) is 24.3 Å². The number of halogens is 1. The molecule has 2 heteroatoms. The summed E-state index contributed by atoms with van der Waals surface area (Å²) >= 11 is 5.84. The van der Waals surface area contributed by atoms with Gasteiger partial charge in [0.25, 0.3) is 0 Å². The molecule has 0 radical (unpaired) electrons. The summed E-state index contributed by atoms with van der Waals surface area (Å²) in [5, 5.41) is 0.739. The lowest BCUT2D eigenvalue weighted by Gasteiger charge is -2.16. The van der Waals surface area contributed by atoms with Gasteiger partial charge in [0, 0.05) is 5.02 Å². The van der Waals surface area contributed by atoms with Crippen molar-refractivity contribution >= 4 is 23.5 Å². The van der Waals surface area contributed by atoms with Gasteiger partial charge in [-0.3, -0.25) is 4.79 Å². The summed E-state index contributed by atoms with van der Waals surface area (Å²) < 4.78 is 0. The van der Waals surface area contributed by atoms with Gasteiger partial charge in [-0.15, -0.1) is 0 Å². The number of rotatable bonds is 2. The van der Waals surface area contributed by atoms with Crippen molar-refractivity contribution in [2.45, 2.75) is 25.7 Å². The molecule has 0 saturated heterocycles. The van der Waals surface area contributed by atoms with Crippen molar-refractivity contribution in [1.29, 1.82) is 0 Å². The Kier molecular flexibility index (Phi) is 3.22. The molecule has 78 valence electrons. The van der Waals surface area contributed by atoms with E-state index in [0.717, 1.165) is 41.7 Å². The number of carbonyl (C=O) groups is 1. The van der Waals surface area contributed by atoms with Gasteiger partial charge in [-0.25, -0.2) is 0 Å². The normalized spacial score (nSPS) is 16.6. The molecule has 1 aromatic rings. The van der Waals surface area contributed by atoms with Gasteiger partial charge in [-0.05, 0) is 54.5 Å². The molecule has 1 nitrogen and oxygen atoms in total. The Bertz CT molecular complexity index is 390. The zero-order valence-corrected chi connectivity index (χ0v) is 9.26. The quantitative estimate of drug-likeness (QED) is 0.692. The molecule has 0 saturated carbocycles. The summed E-state index contributed by atoms with van der Waals surface area (Å²) in [6, 6.07) is 7.74. The molecule has 0 atom stereocenters. The monoisotopic (exact) mass is 220 g/mol. The van der Waals surface area contributed by atoms with Gasteiger partial charge >= 0.3 is 0 Å². The van der Waals surface area contributed by atoms with Gasteiger partial charge in [-0.1, -0.05) is 23.7 Å². The molecule has 0 aromatic heterocycles. The van der Waals surface area contributed by atoms with Crippen LogP contribution < -0.4 is 0 Å². The molecule has 0 bridgehead atoms. The predicted octanol–water partition coefficient (Wildman–Crippen LogP) is 3.87. The molecule has 0 heterocycles. The predicted molar refractivity (Wildman–Crippen MR) is 62.9 cm³/mol. The Hall–Kier alpha value is -1.08. The maximum Gasteiger partial charge on any atom is 0.146 e. The first-order chi connectivity index (χ1) is 7.31. The Morgan fingerprint density at radius 3 is 2.40 bits per heavy atom. The summed E-state index contributed by atoms with van der Waals surface area (Å²) in [5.41, 5.74) is 3.30. The van der Waals surface area contributed by atoms with Crippen LogP contribution in [0, 0.1) is 0 Å². The van der Waals surface area contributed by atoms with Crippen LogP contribution in [0.5, 0.6) is 0 Å². The third-order valence-electron chi connectivity index (χ3n) is 2.85.